The van der Waals surface area contributed by atoms with Crippen molar-refractivity contribution >= 4 is 29.6 Å². The van der Waals surface area contributed by atoms with Gasteiger partial charge in [-0.25, -0.2) is 4.79 Å². The Labute approximate surface area is 193 Å². The van der Waals surface area contributed by atoms with Gasteiger partial charge in [0.1, 0.15) is 17.5 Å². The summed E-state index contributed by atoms with van der Waals surface area (Å²) >= 11 is 0. The normalized spacial score (nSPS) is 15.4. The number of nitrogens with two attached hydrogens (primary N) is 1. The molecule has 2 aliphatic rings. The topological polar surface area (TPSA) is 163 Å². The number of nitrogens with one attached hydrogen (secondary N) is 1. The summed E-state index contributed by atoms with van der Waals surface area (Å²) in [6.45, 7) is -0.339. The minimum Gasteiger partial charge on any atom is -0.484 e. The number of allylic oxidation sites excluding steroid dienone is 1. The molecule has 0 unspecified atom stereocenters. The lowest BCUT2D eigenvalue weighted by Gasteiger charge is -2.14. The molecule has 0 radical (unpaired) electrons. The van der Waals surface area contributed by atoms with E-state index in [1.165, 1.54) is 18.2 Å². The van der Waals surface area contributed by atoms with Crippen LogP contribution >= 0.6 is 0 Å². The molecule has 0 saturated carbocycles. The number of aliphatic carboxylic acids is 1. The highest BCUT2D eigenvalue weighted by Gasteiger charge is 2.28. The maximum absolute atomic E-state index is 12.7. The number of primary amides is 1. The molecule has 1 atom stereocenters. The van der Waals surface area contributed by atoms with Gasteiger partial charge in [0.05, 0.1) is 5.56 Å². The first-order valence-corrected chi connectivity index (χ1v) is 10.2. The number of Topliss-reactive ketones (excluding diaryl/α,β-unsaturated/α-hetero) is 1. The van der Waals surface area contributed by atoms with E-state index in [9.17, 15) is 19.2 Å². The molecule has 0 bridgehead atoms. The van der Waals surface area contributed by atoms with Crippen molar-refractivity contribution in [2.45, 2.75) is 18.9 Å². The molecule has 11 nitrogen and oxygen atoms in total. The Balaban J connectivity index is 1.38. The molecule has 2 aliphatic heterocycles. The summed E-state index contributed by atoms with van der Waals surface area (Å²) in [6, 6.07) is 8.44. The van der Waals surface area contributed by atoms with E-state index in [4.69, 9.17) is 29.8 Å². The van der Waals surface area contributed by atoms with E-state index < -0.39 is 30.4 Å². The summed E-state index contributed by atoms with van der Waals surface area (Å²) in [5, 5.41) is 11.4. The Morgan fingerprint density at radius 3 is 2.68 bits per heavy atom. The standard InChI is InChI=1S/C23H20N2O9/c24-20(26)6-4-15(23(29)30)25-21(27)10-31-13-2-3-14-17(9-13)34-19(22(14)28)8-12-1-5-16-18(7-12)33-11-32-16/h1-3,5,7-9,15H,4,6,10-11H2,(H2,24,26)(H,25,27)(H,29,30)/b19-8-/t15-/m0/s1. The van der Waals surface area contributed by atoms with Gasteiger partial charge >= 0.3 is 5.97 Å². The molecule has 0 fully saturated rings. The molecule has 176 valence electrons. The smallest absolute Gasteiger partial charge is 0.326 e. The lowest BCUT2D eigenvalue weighted by atomic mass is 10.1. The number of hydrogen-bond acceptors (Lipinski definition) is 8. The molecule has 2 aromatic carbocycles. The third-order valence-electron chi connectivity index (χ3n) is 5.02. The highest BCUT2D eigenvalue weighted by Crippen LogP contribution is 2.37. The number of carboxylic acid groups (broad SMARTS) is 1. The molecule has 11 heteroatoms. The van der Waals surface area contributed by atoms with Crippen LogP contribution < -0.4 is 30.0 Å². The van der Waals surface area contributed by atoms with Crippen LogP contribution in [0.2, 0.25) is 0 Å². The fourth-order valence-electron chi connectivity index (χ4n) is 3.34. The van der Waals surface area contributed by atoms with Gasteiger partial charge in [0.2, 0.25) is 18.5 Å². The van der Waals surface area contributed by atoms with E-state index in [1.54, 1.807) is 24.3 Å². The third kappa shape index (κ3) is 5.09. The maximum atomic E-state index is 12.7. The van der Waals surface area contributed by atoms with Crippen LogP contribution in [-0.4, -0.2) is 48.1 Å². The zero-order chi connectivity index (χ0) is 24.2. The Morgan fingerprint density at radius 2 is 1.91 bits per heavy atom. The van der Waals surface area contributed by atoms with Gasteiger partial charge < -0.3 is 35.1 Å². The first-order chi connectivity index (χ1) is 16.3. The summed E-state index contributed by atoms with van der Waals surface area (Å²) in [5.74, 6) is -1.15. The third-order valence-corrected chi connectivity index (χ3v) is 5.02. The number of ether oxygens (including phenoxy) is 4. The molecule has 2 heterocycles. The average Bonchev–Trinajstić information content (AvgIpc) is 3.38. The molecule has 0 saturated heterocycles. The molecule has 0 aliphatic carbocycles. The first-order valence-electron chi connectivity index (χ1n) is 10.2. The number of hydrogen-bond donors (Lipinski definition) is 3. The summed E-state index contributed by atoms with van der Waals surface area (Å²) < 4.78 is 21.7. The second kappa shape index (κ2) is 9.53. The van der Waals surface area contributed by atoms with Gasteiger partial charge in [-0.15, -0.1) is 0 Å². The summed E-state index contributed by atoms with van der Waals surface area (Å²) in [7, 11) is 0. The van der Waals surface area contributed by atoms with E-state index in [2.05, 4.69) is 5.32 Å². The molecule has 2 aromatic rings. The van der Waals surface area contributed by atoms with E-state index in [0.29, 0.717) is 22.6 Å². The maximum Gasteiger partial charge on any atom is 0.326 e. The molecule has 0 aromatic heterocycles. The first kappa shape index (κ1) is 22.6. The fourth-order valence-corrected chi connectivity index (χ4v) is 3.34. The van der Waals surface area contributed by atoms with Gasteiger partial charge in [-0.05, 0) is 42.3 Å². The number of amides is 2. The van der Waals surface area contributed by atoms with Crippen LogP contribution in [0.5, 0.6) is 23.0 Å². The number of benzene rings is 2. The monoisotopic (exact) mass is 468 g/mol. The Hall–Kier alpha value is -4.54. The minimum absolute atomic E-state index is 0.113. The van der Waals surface area contributed by atoms with Gasteiger partial charge in [0.25, 0.3) is 5.91 Å². The van der Waals surface area contributed by atoms with Gasteiger partial charge in [-0.1, -0.05) is 6.07 Å². The Morgan fingerprint density at radius 1 is 1.12 bits per heavy atom. The van der Waals surface area contributed by atoms with Crippen LogP contribution in [0.15, 0.2) is 42.2 Å². The lowest BCUT2D eigenvalue weighted by Crippen LogP contribution is -2.43. The Kier molecular flexibility index (Phi) is 6.35. The molecule has 4 rings (SSSR count). The van der Waals surface area contributed by atoms with Gasteiger partial charge in [0.15, 0.2) is 23.9 Å². The molecule has 2 amide bonds. The lowest BCUT2D eigenvalue weighted by molar-refractivity contribution is -0.142. The Bertz CT molecular complexity index is 1200. The van der Waals surface area contributed by atoms with E-state index in [-0.39, 0.29) is 42.7 Å². The van der Waals surface area contributed by atoms with Crippen molar-refractivity contribution in [3.8, 4) is 23.0 Å². The molecular weight excluding hydrogens is 448 g/mol. The number of carbonyl (C=O) groups is 4. The quantitative estimate of drug-likeness (QED) is 0.459. The van der Waals surface area contributed by atoms with Crippen molar-refractivity contribution in [1.82, 2.24) is 5.32 Å². The van der Waals surface area contributed by atoms with Crippen LogP contribution in [0.25, 0.3) is 6.08 Å². The second-order valence-electron chi connectivity index (χ2n) is 7.46. The number of ketones is 1. The van der Waals surface area contributed by atoms with Crippen molar-refractivity contribution in [2.24, 2.45) is 5.73 Å². The summed E-state index contributed by atoms with van der Waals surface area (Å²) in [4.78, 5) is 46.8. The zero-order valence-electron chi connectivity index (χ0n) is 17.7. The van der Waals surface area contributed by atoms with Gasteiger partial charge in [-0.3, -0.25) is 14.4 Å². The predicted octanol–water partition coefficient (Wildman–Crippen LogP) is 1.25. The van der Waals surface area contributed by atoms with Crippen LogP contribution in [-0.2, 0) is 14.4 Å². The van der Waals surface area contributed by atoms with E-state index >= 15 is 0 Å². The van der Waals surface area contributed by atoms with E-state index in [0.717, 1.165) is 0 Å². The molecule has 4 N–H and O–H groups in total. The molecular formula is C23H20N2O9. The molecule has 0 spiro atoms. The van der Waals surface area contributed by atoms with Crippen molar-refractivity contribution in [3.63, 3.8) is 0 Å². The van der Waals surface area contributed by atoms with Crippen LogP contribution in [0, 0.1) is 0 Å². The zero-order valence-corrected chi connectivity index (χ0v) is 17.7. The van der Waals surface area contributed by atoms with Crippen LogP contribution in [0.4, 0.5) is 0 Å². The van der Waals surface area contributed by atoms with E-state index in [1.807, 2.05) is 0 Å². The highest BCUT2D eigenvalue weighted by molar-refractivity contribution is 6.14. The molecule has 34 heavy (non-hydrogen) atoms. The summed E-state index contributed by atoms with van der Waals surface area (Å²) in [6.07, 6.45) is 1.26. The van der Waals surface area contributed by atoms with Crippen LogP contribution in [0.1, 0.15) is 28.8 Å². The number of carboxylic acids is 1. The minimum atomic E-state index is -1.29. The SMILES string of the molecule is NC(=O)CC[C@H](NC(=O)COc1ccc2c(c1)O/C(=C\c1ccc3c(c1)OCO3)C2=O)C(=O)O. The van der Waals surface area contributed by atoms with Crippen molar-refractivity contribution < 1.29 is 43.2 Å². The van der Waals surface area contributed by atoms with Crippen LogP contribution in [0.3, 0.4) is 0 Å². The second-order valence-corrected chi connectivity index (χ2v) is 7.46. The van der Waals surface area contributed by atoms with Crippen molar-refractivity contribution in [2.75, 3.05) is 13.4 Å². The number of rotatable bonds is 9. The number of carbonyl (C=O) groups excluding carboxylic acids is 3. The van der Waals surface area contributed by atoms with Crippen molar-refractivity contribution in [3.05, 3.63) is 53.3 Å². The average molecular weight is 468 g/mol. The fraction of sp³-hybridized carbons (Fsp3) is 0.217. The highest BCUT2D eigenvalue weighted by atomic mass is 16.7. The predicted molar refractivity (Wildman–Crippen MR) is 115 cm³/mol. The van der Waals surface area contributed by atoms with Gasteiger partial charge in [0, 0.05) is 12.5 Å². The number of fused-ring (bicyclic) bond motifs is 2. The van der Waals surface area contributed by atoms with Gasteiger partial charge in [-0.2, -0.15) is 0 Å². The summed E-state index contributed by atoms with van der Waals surface area (Å²) in [5.41, 5.74) is 6.04. The van der Waals surface area contributed by atoms with Crippen molar-refractivity contribution in [1.29, 1.82) is 0 Å². The largest absolute Gasteiger partial charge is 0.484 e.